The van der Waals surface area contributed by atoms with Crippen LogP contribution in [0.2, 0.25) is 0 Å². The Hall–Kier alpha value is -4.97. The molecule has 1 atom stereocenters. The number of carboxylic acid groups (broad SMARTS) is 1. The van der Waals surface area contributed by atoms with Gasteiger partial charge in [-0.25, -0.2) is 9.79 Å². The van der Waals surface area contributed by atoms with Crippen LogP contribution in [-0.4, -0.2) is 99.3 Å². The minimum absolute atomic E-state index is 0.0224. The molecule has 0 bridgehead atoms. The third-order valence-electron chi connectivity index (χ3n) is 7.31. The number of hydrogen-bond acceptors (Lipinski definition) is 14. The number of H-pyrrole nitrogens is 2. The van der Waals surface area contributed by atoms with Crippen molar-refractivity contribution in [1.82, 2.24) is 29.4 Å². The van der Waals surface area contributed by atoms with Gasteiger partial charge in [0.05, 0.1) is 5.69 Å². The maximum Gasteiger partial charge on any atom is 0.351 e. The number of fused-ring (bicyclic) bond motifs is 2. The highest BCUT2D eigenvalue weighted by Crippen LogP contribution is 2.24. The van der Waals surface area contributed by atoms with E-state index in [0.717, 1.165) is 0 Å². The maximum absolute atomic E-state index is 12.9. The number of carbonyl (C=O) groups is 1. The first kappa shape index (κ1) is 31.0. The van der Waals surface area contributed by atoms with Gasteiger partial charge >= 0.3 is 11.7 Å². The van der Waals surface area contributed by atoms with Crippen LogP contribution in [-0.2, 0) is 11.3 Å². The molecule has 4 rings (SSSR count). The van der Waals surface area contributed by atoms with Crippen molar-refractivity contribution >= 4 is 46.1 Å². The number of amidine groups is 1. The van der Waals surface area contributed by atoms with Crippen molar-refractivity contribution in [2.75, 3.05) is 68.2 Å². The molecule has 18 heteroatoms. The molecule has 0 aliphatic carbocycles. The molecule has 11 N–H and O–H groups in total. The molecule has 3 aromatic rings. The maximum atomic E-state index is 12.9. The van der Waals surface area contributed by atoms with E-state index in [1.165, 1.54) is 4.57 Å². The summed E-state index contributed by atoms with van der Waals surface area (Å²) >= 11 is 0. The summed E-state index contributed by atoms with van der Waals surface area (Å²) in [4.78, 5) is 72.0. The summed E-state index contributed by atoms with van der Waals surface area (Å²) in [6, 6.07) is 0.830. The summed E-state index contributed by atoms with van der Waals surface area (Å²) in [5.41, 5.74) is 16.7. The van der Waals surface area contributed by atoms with Crippen LogP contribution < -0.4 is 49.5 Å². The summed E-state index contributed by atoms with van der Waals surface area (Å²) in [6.45, 7) is 1.15. The van der Waals surface area contributed by atoms with Crippen LogP contribution in [0.25, 0.3) is 11.0 Å². The molecule has 4 heterocycles. The topological polar surface area (TPSA) is 272 Å². The molecular weight excluding hydrogens is 562 g/mol. The summed E-state index contributed by atoms with van der Waals surface area (Å²) in [7, 11) is 3.23. The fourth-order valence-corrected chi connectivity index (χ4v) is 5.05. The number of rotatable bonds is 14. The van der Waals surface area contributed by atoms with Crippen LogP contribution >= 0.6 is 0 Å². The fraction of sp³-hybridized carbons (Fsp3) is 0.480. The number of pyridine rings is 1. The van der Waals surface area contributed by atoms with E-state index in [0.29, 0.717) is 37.3 Å². The highest BCUT2D eigenvalue weighted by molar-refractivity contribution is 6.03. The summed E-state index contributed by atoms with van der Waals surface area (Å²) < 4.78 is 1.20. The largest absolute Gasteiger partial charge is 0.480 e. The van der Waals surface area contributed by atoms with E-state index >= 15 is 0 Å². The Kier molecular flexibility index (Phi) is 9.61. The average Bonchev–Trinajstić information content (AvgIpc) is 2.96. The first-order valence-corrected chi connectivity index (χ1v) is 13.7. The van der Waals surface area contributed by atoms with Crippen molar-refractivity contribution in [2.45, 2.75) is 31.8 Å². The Morgan fingerprint density at radius 3 is 2.51 bits per heavy atom. The molecule has 1 aliphatic rings. The second-order valence-electron chi connectivity index (χ2n) is 9.94. The lowest BCUT2D eigenvalue weighted by atomic mass is 10.1. The Labute approximate surface area is 245 Å². The van der Waals surface area contributed by atoms with Crippen molar-refractivity contribution in [3.05, 3.63) is 42.8 Å². The van der Waals surface area contributed by atoms with Crippen LogP contribution in [0, 0.1) is 0 Å². The third-order valence-corrected chi connectivity index (χ3v) is 7.31. The van der Waals surface area contributed by atoms with Gasteiger partial charge in [-0.15, -0.1) is 0 Å². The van der Waals surface area contributed by atoms with E-state index in [1.54, 1.807) is 25.1 Å². The lowest BCUT2D eigenvalue weighted by Crippen LogP contribution is -2.48. The van der Waals surface area contributed by atoms with Gasteiger partial charge in [0.15, 0.2) is 5.65 Å². The van der Waals surface area contributed by atoms with E-state index < -0.39 is 28.8 Å². The quantitative estimate of drug-likeness (QED) is 0.0922. The minimum Gasteiger partial charge on any atom is -0.480 e. The lowest BCUT2D eigenvalue weighted by Gasteiger charge is -2.34. The highest BCUT2D eigenvalue weighted by atomic mass is 16.4. The van der Waals surface area contributed by atoms with E-state index in [2.05, 4.69) is 35.6 Å². The van der Waals surface area contributed by atoms with Crippen LogP contribution in [0.4, 0.5) is 23.3 Å². The number of aromatic nitrogens is 5. The molecule has 0 amide bonds. The summed E-state index contributed by atoms with van der Waals surface area (Å²) in [5.74, 6) is -0.572. The van der Waals surface area contributed by atoms with Gasteiger partial charge in [-0.2, -0.15) is 9.97 Å². The molecule has 0 radical (unpaired) electrons. The number of aliphatic imine (C=N–C) groups is 1. The van der Waals surface area contributed by atoms with Crippen molar-refractivity contribution in [2.24, 2.45) is 16.5 Å². The zero-order valence-electron chi connectivity index (χ0n) is 24.0. The van der Waals surface area contributed by atoms with E-state index in [1.807, 2.05) is 4.90 Å². The van der Waals surface area contributed by atoms with Gasteiger partial charge in [0.2, 0.25) is 5.95 Å². The van der Waals surface area contributed by atoms with Gasteiger partial charge in [0.1, 0.15) is 41.1 Å². The number of nitrogens with zero attached hydrogens (tertiary/aromatic N) is 6. The SMILES string of the molecule is CNc1cc2c(c(=O)[nH]1)C(N)=NCN2CCN(CCn1c(=O)nc(N)c2c(=O)[nH]c(NC)nc21)[C@@H](CCCCN)C(=O)O. The molecule has 3 aromatic heterocycles. The smallest absolute Gasteiger partial charge is 0.351 e. The van der Waals surface area contributed by atoms with Gasteiger partial charge in [-0.05, 0) is 19.4 Å². The molecule has 0 fully saturated rings. The van der Waals surface area contributed by atoms with E-state index in [9.17, 15) is 24.3 Å². The van der Waals surface area contributed by atoms with Crippen LogP contribution in [0.1, 0.15) is 24.8 Å². The fourth-order valence-electron chi connectivity index (χ4n) is 5.05. The van der Waals surface area contributed by atoms with Crippen LogP contribution in [0.5, 0.6) is 0 Å². The number of aromatic amines is 2. The second-order valence-corrected chi connectivity index (χ2v) is 9.94. The molecule has 0 aromatic carbocycles. The van der Waals surface area contributed by atoms with Crippen LogP contribution in [0.15, 0.2) is 25.4 Å². The minimum atomic E-state index is -1.04. The number of aliphatic carboxylic acids is 1. The Bertz CT molecular complexity index is 1700. The van der Waals surface area contributed by atoms with Crippen molar-refractivity contribution in [3.8, 4) is 0 Å². The number of nitrogens with one attached hydrogen (secondary N) is 4. The number of nitrogen functional groups attached to an aromatic ring is 1. The van der Waals surface area contributed by atoms with Gasteiger partial charge in [0, 0.05) is 46.3 Å². The normalized spacial score (nSPS) is 13.6. The van der Waals surface area contributed by atoms with Crippen molar-refractivity contribution < 1.29 is 9.90 Å². The highest BCUT2D eigenvalue weighted by Gasteiger charge is 2.28. The summed E-state index contributed by atoms with van der Waals surface area (Å²) in [5, 5.41) is 15.8. The predicted octanol–water partition coefficient (Wildman–Crippen LogP) is -2.10. The van der Waals surface area contributed by atoms with Gasteiger partial charge in [-0.1, -0.05) is 6.42 Å². The zero-order chi connectivity index (χ0) is 31.3. The number of hydrogen-bond donors (Lipinski definition) is 8. The molecular formula is C25H37N13O5. The second kappa shape index (κ2) is 13.3. The molecule has 18 nitrogen and oxygen atoms in total. The standard InChI is InChI=1S/C25H37N13O5/c1-29-15-11-14-16(21(39)32-15)18(27)31-12-37(14)8-7-36(13(23(41)42)5-3-4-6-26)9-10-38-20-17(19(28)33-25(38)43)22(40)35-24(30-2)34-20/h11,13H,3-10,12,26H2,1-2H3,(H2,27,31)(H,41,42)(H2,28,33,43)(H2,29,32,39)(H2,30,34,35,40)/t13-/m0/s1. The van der Waals surface area contributed by atoms with Crippen LogP contribution in [0.3, 0.4) is 0 Å². The van der Waals surface area contributed by atoms with Crippen molar-refractivity contribution in [3.63, 3.8) is 0 Å². The molecule has 0 saturated carbocycles. The Morgan fingerprint density at radius 1 is 1.09 bits per heavy atom. The monoisotopic (exact) mass is 599 g/mol. The van der Waals surface area contributed by atoms with Gasteiger partial charge < -0.3 is 42.8 Å². The first-order valence-electron chi connectivity index (χ1n) is 13.7. The first-order chi connectivity index (χ1) is 20.6. The molecule has 232 valence electrons. The average molecular weight is 600 g/mol. The van der Waals surface area contributed by atoms with E-state index in [-0.39, 0.29) is 67.0 Å². The molecule has 0 saturated heterocycles. The van der Waals surface area contributed by atoms with Gasteiger partial charge in [0.25, 0.3) is 11.1 Å². The lowest BCUT2D eigenvalue weighted by molar-refractivity contribution is -0.143. The molecule has 43 heavy (non-hydrogen) atoms. The van der Waals surface area contributed by atoms with E-state index in [4.69, 9.17) is 17.2 Å². The number of unbranched alkanes of at least 4 members (excludes halogenated alkanes) is 1. The third kappa shape index (κ3) is 6.59. The Balaban J connectivity index is 1.67. The predicted molar refractivity (Wildman–Crippen MR) is 164 cm³/mol. The number of carboxylic acids is 1. The molecule has 0 unspecified atom stereocenters. The Morgan fingerprint density at radius 2 is 1.84 bits per heavy atom. The van der Waals surface area contributed by atoms with Crippen molar-refractivity contribution in [1.29, 1.82) is 0 Å². The zero-order valence-corrected chi connectivity index (χ0v) is 24.0. The van der Waals surface area contributed by atoms with Gasteiger partial charge in [-0.3, -0.25) is 28.8 Å². The molecule has 1 aliphatic heterocycles. The molecule has 0 spiro atoms. The number of anilines is 4. The number of nitrogens with two attached hydrogens (primary N) is 3. The summed E-state index contributed by atoms with van der Waals surface area (Å²) in [6.07, 6.45) is 1.54.